The fraction of sp³-hybridized carbons (Fsp3) is 0.588. The van der Waals surface area contributed by atoms with E-state index in [1.165, 1.54) is 12.5 Å². The van der Waals surface area contributed by atoms with Crippen LogP contribution in [0.2, 0.25) is 0 Å². The van der Waals surface area contributed by atoms with Crippen molar-refractivity contribution in [2.24, 2.45) is 0 Å². The highest BCUT2D eigenvalue weighted by atomic mass is 19.1. The van der Waals surface area contributed by atoms with Crippen LogP contribution in [-0.2, 0) is 0 Å². The summed E-state index contributed by atoms with van der Waals surface area (Å²) < 4.78 is 14.1. The van der Waals surface area contributed by atoms with Crippen molar-refractivity contribution >= 4 is 5.78 Å². The normalized spacial score (nSPS) is 18.0. The Kier molecular flexibility index (Phi) is 4.59. The topological polar surface area (TPSA) is 29.1 Å². The van der Waals surface area contributed by atoms with Gasteiger partial charge in [-0.15, -0.1) is 0 Å². The van der Waals surface area contributed by atoms with Crippen molar-refractivity contribution in [3.05, 3.63) is 34.6 Å². The van der Waals surface area contributed by atoms with E-state index in [0.717, 1.165) is 36.8 Å². The Morgan fingerprint density at radius 2 is 1.90 bits per heavy atom. The molecule has 1 aliphatic rings. The Balaban J connectivity index is 2.23. The molecule has 1 aromatic carbocycles. The highest BCUT2D eigenvalue weighted by molar-refractivity contribution is 5.98. The van der Waals surface area contributed by atoms with E-state index >= 15 is 0 Å². The number of benzene rings is 1. The molecule has 0 aromatic heterocycles. The van der Waals surface area contributed by atoms with Crippen LogP contribution in [0.25, 0.3) is 0 Å². The number of nitrogens with one attached hydrogen (secondary N) is 1. The predicted octanol–water partition coefficient (Wildman–Crippen LogP) is 3.94. The predicted molar refractivity (Wildman–Crippen MR) is 79.7 cm³/mol. The molecule has 2 nitrogen and oxygen atoms in total. The maximum atomic E-state index is 14.1. The molecule has 1 saturated carbocycles. The number of hydrogen-bond donors (Lipinski definition) is 1. The second-order valence-electron chi connectivity index (χ2n) is 6.13. The molecule has 0 heterocycles. The van der Waals surface area contributed by atoms with E-state index in [-0.39, 0.29) is 22.7 Å². The smallest absolute Gasteiger partial charge is 0.167 e. The van der Waals surface area contributed by atoms with E-state index in [4.69, 9.17) is 0 Å². The van der Waals surface area contributed by atoms with Crippen LogP contribution in [0.4, 0.5) is 4.39 Å². The number of rotatable bonds is 4. The standard InChI is InChI=1S/C17H24FNO/c1-12-9-13(2)16(14(18)10-12)15(20)11-17(19-3)7-5-4-6-8-17/h9-10,19H,4-8,11H2,1-3H3. The van der Waals surface area contributed by atoms with E-state index in [1.807, 2.05) is 27.0 Å². The molecule has 0 radical (unpaired) electrons. The van der Waals surface area contributed by atoms with Crippen LogP contribution in [0, 0.1) is 19.7 Å². The van der Waals surface area contributed by atoms with Gasteiger partial charge in [0.25, 0.3) is 0 Å². The molecule has 1 N–H and O–H groups in total. The second kappa shape index (κ2) is 6.04. The van der Waals surface area contributed by atoms with Gasteiger partial charge < -0.3 is 5.32 Å². The lowest BCUT2D eigenvalue weighted by Crippen LogP contribution is -2.46. The van der Waals surface area contributed by atoms with Crippen molar-refractivity contribution in [2.75, 3.05) is 7.05 Å². The molecule has 20 heavy (non-hydrogen) atoms. The quantitative estimate of drug-likeness (QED) is 0.845. The van der Waals surface area contributed by atoms with Gasteiger partial charge >= 0.3 is 0 Å². The molecule has 2 rings (SSSR count). The maximum absolute atomic E-state index is 14.1. The summed E-state index contributed by atoms with van der Waals surface area (Å²) in [4.78, 5) is 12.5. The summed E-state index contributed by atoms with van der Waals surface area (Å²) in [7, 11) is 1.91. The second-order valence-corrected chi connectivity index (χ2v) is 6.13. The van der Waals surface area contributed by atoms with Crippen LogP contribution in [0.3, 0.4) is 0 Å². The van der Waals surface area contributed by atoms with Crippen LogP contribution in [-0.4, -0.2) is 18.4 Å². The molecule has 0 unspecified atom stereocenters. The summed E-state index contributed by atoms with van der Waals surface area (Å²) in [5, 5.41) is 3.33. The Morgan fingerprint density at radius 3 is 2.45 bits per heavy atom. The van der Waals surface area contributed by atoms with Crippen LogP contribution in [0.15, 0.2) is 12.1 Å². The van der Waals surface area contributed by atoms with Crippen LogP contribution < -0.4 is 5.32 Å². The lowest BCUT2D eigenvalue weighted by molar-refractivity contribution is 0.0910. The van der Waals surface area contributed by atoms with Gasteiger partial charge in [-0.25, -0.2) is 4.39 Å². The van der Waals surface area contributed by atoms with Crippen LogP contribution >= 0.6 is 0 Å². The molecule has 3 heteroatoms. The summed E-state index contributed by atoms with van der Waals surface area (Å²) in [5.41, 5.74) is 1.74. The molecule has 0 saturated heterocycles. The molecule has 0 atom stereocenters. The van der Waals surface area contributed by atoms with E-state index in [0.29, 0.717) is 6.42 Å². The molecule has 110 valence electrons. The van der Waals surface area contributed by atoms with Crippen molar-refractivity contribution in [1.82, 2.24) is 5.32 Å². The Bertz CT molecular complexity index is 481. The maximum Gasteiger partial charge on any atom is 0.167 e. The fourth-order valence-electron chi connectivity index (χ4n) is 3.41. The number of carbonyl (C=O) groups is 1. The molecule has 0 bridgehead atoms. The average Bonchev–Trinajstić information content (AvgIpc) is 2.38. The molecular weight excluding hydrogens is 253 g/mol. The van der Waals surface area contributed by atoms with E-state index in [9.17, 15) is 9.18 Å². The third-order valence-electron chi connectivity index (χ3n) is 4.55. The summed E-state index contributed by atoms with van der Waals surface area (Å²) >= 11 is 0. The van der Waals surface area contributed by atoms with Gasteiger partial charge in [-0.3, -0.25) is 4.79 Å². The van der Waals surface area contributed by atoms with E-state index in [2.05, 4.69) is 5.32 Å². The monoisotopic (exact) mass is 277 g/mol. The molecule has 0 aliphatic heterocycles. The molecule has 1 fully saturated rings. The molecule has 1 aliphatic carbocycles. The first kappa shape index (κ1) is 15.2. The summed E-state index contributed by atoms with van der Waals surface area (Å²) in [5.74, 6) is -0.453. The van der Waals surface area contributed by atoms with E-state index in [1.54, 1.807) is 0 Å². The number of aryl methyl sites for hydroxylation is 2. The zero-order chi connectivity index (χ0) is 14.8. The first-order chi connectivity index (χ1) is 9.47. The van der Waals surface area contributed by atoms with Gasteiger partial charge in [0.2, 0.25) is 0 Å². The van der Waals surface area contributed by atoms with Crippen LogP contribution in [0.5, 0.6) is 0 Å². The third kappa shape index (κ3) is 3.09. The molecular formula is C17H24FNO. The van der Waals surface area contributed by atoms with Gasteiger partial charge in [-0.05, 0) is 50.9 Å². The Labute approximate surface area is 120 Å². The van der Waals surface area contributed by atoms with E-state index < -0.39 is 0 Å². The Morgan fingerprint density at radius 1 is 1.25 bits per heavy atom. The summed E-state index contributed by atoms with van der Waals surface area (Å²) in [6.45, 7) is 3.66. The van der Waals surface area contributed by atoms with Gasteiger partial charge in [0.1, 0.15) is 5.82 Å². The molecule has 0 spiro atoms. The van der Waals surface area contributed by atoms with Gasteiger partial charge in [-0.1, -0.05) is 25.3 Å². The van der Waals surface area contributed by atoms with Gasteiger partial charge in [0, 0.05) is 12.0 Å². The van der Waals surface area contributed by atoms with Crippen molar-refractivity contribution < 1.29 is 9.18 Å². The van der Waals surface area contributed by atoms with Crippen LogP contribution in [0.1, 0.15) is 60.0 Å². The molecule has 0 amide bonds. The van der Waals surface area contributed by atoms with Crippen molar-refractivity contribution in [3.63, 3.8) is 0 Å². The van der Waals surface area contributed by atoms with Gasteiger partial charge in [0.05, 0.1) is 5.56 Å². The van der Waals surface area contributed by atoms with Crippen molar-refractivity contribution in [1.29, 1.82) is 0 Å². The largest absolute Gasteiger partial charge is 0.314 e. The first-order valence-electron chi connectivity index (χ1n) is 7.46. The first-order valence-corrected chi connectivity index (χ1v) is 7.46. The number of halogens is 1. The van der Waals surface area contributed by atoms with Gasteiger partial charge in [0.15, 0.2) is 5.78 Å². The Hall–Kier alpha value is -1.22. The number of carbonyl (C=O) groups excluding carboxylic acids is 1. The lowest BCUT2D eigenvalue weighted by atomic mass is 9.77. The summed E-state index contributed by atoms with van der Waals surface area (Å²) in [6, 6.07) is 3.33. The SMILES string of the molecule is CNC1(CC(=O)c2c(C)cc(C)cc2F)CCCCC1. The number of hydrogen-bond acceptors (Lipinski definition) is 2. The minimum Gasteiger partial charge on any atom is -0.314 e. The highest BCUT2D eigenvalue weighted by Gasteiger charge is 2.33. The summed E-state index contributed by atoms with van der Waals surface area (Å²) in [6.07, 6.45) is 5.91. The zero-order valence-electron chi connectivity index (χ0n) is 12.7. The lowest BCUT2D eigenvalue weighted by Gasteiger charge is -2.36. The number of ketones is 1. The number of Topliss-reactive ketones (excluding diaryl/α,β-unsaturated/α-hetero) is 1. The van der Waals surface area contributed by atoms with Crippen molar-refractivity contribution in [3.8, 4) is 0 Å². The third-order valence-corrected chi connectivity index (χ3v) is 4.55. The molecule has 1 aromatic rings. The fourth-order valence-corrected chi connectivity index (χ4v) is 3.41. The zero-order valence-corrected chi connectivity index (χ0v) is 12.7. The van der Waals surface area contributed by atoms with Crippen molar-refractivity contribution in [2.45, 2.75) is 57.9 Å². The minimum atomic E-state index is -0.380. The average molecular weight is 277 g/mol. The highest BCUT2D eigenvalue weighted by Crippen LogP contribution is 2.32. The minimum absolute atomic E-state index is 0.0729. The van der Waals surface area contributed by atoms with Gasteiger partial charge in [-0.2, -0.15) is 0 Å².